The Morgan fingerprint density at radius 2 is 0.964 bits per heavy atom. The molecule has 0 aromatic rings. The van der Waals surface area contributed by atoms with Crippen molar-refractivity contribution in [3.8, 4) is 0 Å². The number of carbonyl (C=O) groups is 2. The van der Waals surface area contributed by atoms with Gasteiger partial charge in [-0.25, -0.2) is 9.13 Å². The van der Waals surface area contributed by atoms with Gasteiger partial charge in [0, 0.05) is 12.8 Å². The van der Waals surface area contributed by atoms with Gasteiger partial charge in [-0.2, -0.15) is 0 Å². The lowest BCUT2D eigenvalue weighted by Crippen LogP contribution is -2.64. The Kier molecular flexibility index (Phi) is 29.3. The van der Waals surface area contributed by atoms with Crippen LogP contribution in [0.3, 0.4) is 0 Å². The van der Waals surface area contributed by atoms with E-state index in [-0.39, 0.29) is 12.8 Å². The maximum atomic E-state index is 12.9. The summed E-state index contributed by atoms with van der Waals surface area (Å²) in [7, 11) is -10.6. The molecule has 9 N–H and O–H groups in total. The molecule has 0 aliphatic heterocycles. The third-order valence-electron chi connectivity index (χ3n) is 9.78. The molecule has 19 heteroatoms. The van der Waals surface area contributed by atoms with E-state index < -0.39 is 83.5 Å². The number of phosphoric ester groups is 2. The Hall–Kier alpha value is -1.04. The van der Waals surface area contributed by atoms with Crippen LogP contribution in [0.5, 0.6) is 0 Å². The lowest BCUT2D eigenvalue weighted by Gasteiger charge is -2.43. The minimum absolute atomic E-state index is 0.0458. The quantitative estimate of drug-likeness (QED) is 0.0230. The summed E-state index contributed by atoms with van der Waals surface area (Å²) >= 11 is 0. The highest BCUT2D eigenvalue weighted by Crippen LogP contribution is 2.49. The van der Waals surface area contributed by atoms with Crippen LogP contribution in [-0.4, -0.2) is 110 Å². The fraction of sp³-hybridized carbons (Fsp3) is 0.946. The largest absolute Gasteiger partial charge is 0.472 e. The highest BCUT2D eigenvalue weighted by molar-refractivity contribution is 7.47. The zero-order valence-corrected chi connectivity index (χ0v) is 35.2. The van der Waals surface area contributed by atoms with Gasteiger partial charge in [0.25, 0.3) is 0 Å². The summed E-state index contributed by atoms with van der Waals surface area (Å²) in [5.41, 5.74) is 5.52. The van der Waals surface area contributed by atoms with Gasteiger partial charge in [-0.1, -0.05) is 129 Å². The maximum Gasteiger partial charge on any atom is 0.472 e. The zero-order chi connectivity index (χ0) is 41.8. The van der Waals surface area contributed by atoms with Gasteiger partial charge in [0.2, 0.25) is 0 Å². The van der Waals surface area contributed by atoms with Crippen LogP contribution in [-0.2, 0) is 41.8 Å². The number of hydrogen-bond donors (Lipinski definition) is 8. The van der Waals surface area contributed by atoms with Crippen LogP contribution in [0.25, 0.3) is 0 Å². The molecule has 1 fully saturated rings. The molecule has 332 valence electrons. The Morgan fingerprint density at radius 3 is 1.41 bits per heavy atom. The fourth-order valence-corrected chi connectivity index (χ4v) is 8.05. The van der Waals surface area contributed by atoms with E-state index in [1.165, 1.54) is 51.4 Å². The monoisotopic (exact) mass is 849 g/mol. The molecule has 56 heavy (non-hydrogen) atoms. The smallest absolute Gasteiger partial charge is 0.462 e. The van der Waals surface area contributed by atoms with Gasteiger partial charge in [-0.05, 0) is 25.8 Å². The molecule has 1 aliphatic rings. The van der Waals surface area contributed by atoms with Crippen LogP contribution in [0.4, 0.5) is 0 Å². The van der Waals surface area contributed by atoms with E-state index in [4.69, 9.17) is 34.0 Å². The first kappa shape index (κ1) is 53.0. The number of ether oxygens (including phenoxy) is 2. The van der Waals surface area contributed by atoms with Crippen molar-refractivity contribution in [3.63, 3.8) is 0 Å². The van der Waals surface area contributed by atoms with Gasteiger partial charge in [0.05, 0.1) is 6.61 Å². The van der Waals surface area contributed by atoms with Crippen molar-refractivity contribution in [1.82, 2.24) is 0 Å². The topological polar surface area (TPSA) is 282 Å². The first-order valence-electron chi connectivity index (χ1n) is 20.8. The zero-order valence-electron chi connectivity index (χ0n) is 33.4. The maximum absolute atomic E-state index is 12.9. The Morgan fingerprint density at radius 1 is 0.554 bits per heavy atom. The molecular weight excluding hydrogens is 776 g/mol. The first-order chi connectivity index (χ1) is 26.6. The average molecular weight is 850 g/mol. The number of esters is 2. The SMILES string of the molecule is CCCCCCCCCCCCCCCC(=O)O[C@H](COC(=O)CCCCCCCCCCCN)COP(=O)(O)OC1C(O)[C@H](OP(=O)(O)O)C(O)[C@H](O)[C@@H]1O. The predicted octanol–water partition coefficient (Wildman–Crippen LogP) is 5.22. The molecule has 1 aliphatic carbocycles. The Labute approximate surface area is 333 Å². The number of phosphoric acid groups is 2. The number of aliphatic hydroxyl groups excluding tert-OH is 4. The van der Waals surface area contributed by atoms with Crippen LogP contribution in [0.15, 0.2) is 0 Å². The number of hydrogen-bond acceptors (Lipinski definition) is 14. The van der Waals surface area contributed by atoms with Crippen LogP contribution < -0.4 is 5.73 Å². The van der Waals surface area contributed by atoms with E-state index >= 15 is 0 Å². The lowest BCUT2D eigenvalue weighted by molar-refractivity contribution is -0.216. The third kappa shape index (κ3) is 25.4. The molecule has 0 heterocycles. The van der Waals surface area contributed by atoms with E-state index in [9.17, 15) is 44.0 Å². The van der Waals surface area contributed by atoms with Crippen LogP contribution in [0.1, 0.15) is 161 Å². The molecular formula is C37H73NO16P2. The van der Waals surface area contributed by atoms with Crippen molar-refractivity contribution >= 4 is 27.6 Å². The second-order valence-corrected chi connectivity index (χ2v) is 17.5. The lowest BCUT2D eigenvalue weighted by atomic mass is 9.85. The van der Waals surface area contributed by atoms with E-state index in [0.29, 0.717) is 19.4 Å². The first-order valence-corrected chi connectivity index (χ1v) is 23.8. The molecule has 0 aromatic carbocycles. The standard InChI is InChI=1S/C37H73NO16P2/c1-2-3-4-5-6-7-8-9-10-12-16-19-22-25-31(40)52-29(27-50-30(39)24-21-18-15-13-11-14-17-20-23-26-38)28-51-56(48,49)54-37-34(43)32(41)33(42)36(35(37)44)53-55(45,46)47/h29,32-37,41-44H,2-28,38H2,1H3,(H,48,49)(H2,45,46,47)/t29-,32+,33?,34+,35?,36-,37?/m1/s1. The predicted molar refractivity (Wildman–Crippen MR) is 208 cm³/mol. The number of nitrogens with two attached hydrogens (primary N) is 1. The highest BCUT2D eigenvalue weighted by Gasteiger charge is 2.54. The van der Waals surface area contributed by atoms with E-state index in [1.54, 1.807) is 0 Å². The van der Waals surface area contributed by atoms with Crippen molar-refractivity contribution in [2.24, 2.45) is 5.73 Å². The summed E-state index contributed by atoms with van der Waals surface area (Å²) in [5.74, 6) is -1.22. The average Bonchev–Trinajstić information content (AvgIpc) is 3.14. The van der Waals surface area contributed by atoms with E-state index in [0.717, 1.165) is 77.0 Å². The minimum Gasteiger partial charge on any atom is -0.462 e. The molecule has 0 bridgehead atoms. The molecule has 4 unspecified atom stereocenters. The summed E-state index contributed by atoms with van der Waals surface area (Å²) in [4.78, 5) is 53.9. The van der Waals surface area contributed by atoms with Crippen molar-refractivity contribution in [3.05, 3.63) is 0 Å². The minimum atomic E-state index is -5.36. The number of rotatable bonds is 35. The fourth-order valence-electron chi connectivity index (χ4n) is 6.51. The summed E-state index contributed by atoms with van der Waals surface area (Å²) in [6.45, 7) is 1.58. The molecule has 0 amide bonds. The number of aliphatic hydroxyl groups is 4. The van der Waals surface area contributed by atoms with Gasteiger partial charge >= 0.3 is 27.6 Å². The van der Waals surface area contributed by atoms with Crippen LogP contribution >= 0.6 is 15.6 Å². The molecule has 0 spiro atoms. The van der Waals surface area contributed by atoms with Crippen molar-refractivity contribution < 1.29 is 76.9 Å². The van der Waals surface area contributed by atoms with E-state index in [2.05, 4.69) is 11.4 Å². The number of unbranched alkanes of at least 4 members (excludes halogenated alkanes) is 20. The van der Waals surface area contributed by atoms with Crippen molar-refractivity contribution in [2.45, 2.75) is 204 Å². The molecule has 0 aromatic heterocycles. The Balaban J connectivity index is 2.65. The van der Waals surface area contributed by atoms with Gasteiger partial charge < -0.3 is 50.3 Å². The van der Waals surface area contributed by atoms with Gasteiger partial charge in [-0.15, -0.1) is 0 Å². The molecule has 1 saturated carbocycles. The second-order valence-electron chi connectivity index (χ2n) is 14.9. The summed E-state index contributed by atoms with van der Waals surface area (Å²) in [6, 6.07) is 0. The van der Waals surface area contributed by atoms with Gasteiger partial charge in [0.1, 0.15) is 43.2 Å². The molecule has 0 saturated heterocycles. The molecule has 1 rings (SSSR count). The third-order valence-corrected chi connectivity index (χ3v) is 11.3. The summed E-state index contributed by atoms with van der Waals surface area (Å²) in [6.07, 6.45) is 9.00. The molecule has 0 radical (unpaired) electrons. The summed E-state index contributed by atoms with van der Waals surface area (Å²) < 4.78 is 49.1. The molecule has 8 atom stereocenters. The van der Waals surface area contributed by atoms with Gasteiger partial charge in [0.15, 0.2) is 6.10 Å². The normalized spacial score (nSPS) is 23.1. The van der Waals surface area contributed by atoms with Gasteiger partial charge in [-0.3, -0.25) is 23.2 Å². The van der Waals surface area contributed by atoms with Crippen LogP contribution in [0, 0.1) is 0 Å². The Bertz CT molecular complexity index is 1130. The highest BCUT2D eigenvalue weighted by atomic mass is 31.2. The van der Waals surface area contributed by atoms with Crippen molar-refractivity contribution in [1.29, 1.82) is 0 Å². The van der Waals surface area contributed by atoms with E-state index in [1.807, 2.05) is 0 Å². The van der Waals surface area contributed by atoms with Crippen molar-refractivity contribution in [2.75, 3.05) is 19.8 Å². The second kappa shape index (κ2) is 30.9. The molecule has 17 nitrogen and oxygen atoms in total. The van der Waals surface area contributed by atoms with Crippen LogP contribution in [0.2, 0.25) is 0 Å². The number of carbonyl (C=O) groups excluding carboxylic acids is 2. The summed E-state index contributed by atoms with van der Waals surface area (Å²) in [5, 5.41) is 41.0.